The minimum Gasteiger partial charge on any atom is -0.374 e. The second-order valence-corrected chi connectivity index (χ2v) is 6.11. The fourth-order valence-electron chi connectivity index (χ4n) is 1.87. The van der Waals surface area contributed by atoms with E-state index in [0.717, 1.165) is 29.3 Å². The maximum atomic E-state index is 11.5. The molecule has 1 aromatic carbocycles. The monoisotopic (exact) mass is 293 g/mol. The quantitative estimate of drug-likeness (QED) is 0.876. The van der Waals surface area contributed by atoms with Gasteiger partial charge in [0.25, 0.3) is 5.24 Å². The number of hydrogen-bond acceptors (Lipinski definition) is 4. The molecule has 108 valence electrons. The number of amides is 2. The number of benzene rings is 1. The van der Waals surface area contributed by atoms with E-state index in [-0.39, 0.29) is 22.5 Å². The summed E-state index contributed by atoms with van der Waals surface area (Å²) in [5.74, 6) is -0.191. The van der Waals surface area contributed by atoms with E-state index in [1.165, 1.54) is 0 Å². The minimum absolute atomic E-state index is 0.191. The third kappa shape index (κ3) is 4.08. The Morgan fingerprint density at radius 2 is 1.90 bits per heavy atom. The zero-order valence-electron chi connectivity index (χ0n) is 11.7. The Kier molecular flexibility index (Phi) is 5.20. The lowest BCUT2D eigenvalue weighted by atomic mass is 10.1. The third-order valence-electron chi connectivity index (χ3n) is 3.32. The molecular formula is C15H19NO3S. The SMILES string of the molecule is CCC(C)OCc1ccc(CC2SC(=O)NC2=O)cc1. The lowest BCUT2D eigenvalue weighted by molar-refractivity contribution is -0.118. The van der Waals surface area contributed by atoms with Crippen LogP contribution in [0.25, 0.3) is 0 Å². The number of thioether (sulfide) groups is 1. The highest BCUT2D eigenvalue weighted by molar-refractivity contribution is 8.15. The minimum atomic E-state index is -0.301. The van der Waals surface area contributed by atoms with Crippen molar-refractivity contribution >= 4 is 22.9 Å². The molecule has 1 aliphatic rings. The van der Waals surface area contributed by atoms with E-state index >= 15 is 0 Å². The van der Waals surface area contributed by atoms with Crippen molar-refractivity contribution in [2.75, 3.05) is 0 Å². The van der Waals surface area contributed by atoms with Gasteiger partial charge in [-0.3, -0.25) is 14.9 Å². The molecule has 0 bridgehead atoms. The summed E-state index contributed by atoms with van der Waals surface area (Å²) >= 11 is 1.07. The van der Waals surface area contributed by atoms with Crippen LogP contribution in [0.15, 0.2) is 24.3 Å². The van der Waals surface area contributed by atoms with E-state index < -0.39 is 0 Å². The van der Waals surface area contributed by atoms with Crippen LogP contribution in [0.5, 0.6) is 0 Å². The molecule has 0 aliphatic carbocycles. The zero-order chi connectivity index (χ0) is 14.5. The molecule has 0 aromatic heterocycles. The van der Waals surface area contributed by atoms with Crippen molar-refractivity contribution in [3.05, 3.63) is 35.4 Å². The van der Waals surface area contributed by atoms with Crippen LogP contribution in [0.2, 0.25) is 0 Å². The van der Waals surface area contributed by atoms with Gasteiger partial charge in [0, 0.05) is 0 Å². The Balaban J connectivity index is 1.88. The molecule has 0 radical (unpaired) electrons. The molecule has 5 heteroatoms. The number of rotatable bonds is 6. The maximum Gasteiger partial charge on any atom is 0.286 e. The van der Waals surface area contributed by atoms with Crippen molar-refractivity contribution in [3.63, 3.8) is 0 Å². The first-order valence-electron chi connectivity index (χ1n) is 6.79. The molecule has 0 spiro atoms. The van der Waals surface area contributed by atoms with E-state index in [0.29, 0.717) is 13.0 Å². The fraction of sp³-hybridized carbons (Fsp3) is 0.467. The molecular weight excluding hydrogens is 274 g/mol. The van der Waals surface area contributed by atoms with E-state index in [1.807, 2.05) is 24.3 Å². The van der Waals surface area contributed by atoms with Crippen LogP contribution in [-0.2, 0) is 22.6 Å². The number of ether oxygens (including phenoxy) is 1. The molecule has 0 saturated carbocycles. The highest BCUT2D eigenvalue weighted by Crippen LogP contribution is 2.23. The molecule has 2 amide bonds. The van der Waals surface area contributed by atoms with Gasteiger partial charge in [-0.25, -0.2) is 0 Å². The van der Waals surface area contributed by atoms with E-state index in [2.05, 4.69) is 19.2 Å². The van der Waals surface area contributed by atoms with Gasteiger partial charge in [0.05, 0.1) is 18.0 Å². The number of carbonyl (C=O) groups excluding carboxylic acids is 2. The lowest BCUT2D eigenvalue weighted by Gasteiger charge is -2.11. The number of nitrogens with one attached hydrogen (secondary N) is 1. The van der Waals surface area contributed by atoms with E-state index in [1.54, 1.807) is 0 Å². The Bertz CT molecular complexity index is 486. The highest BCUT2D eigenvalue weighted by atomic mass is 32.2. The van der Waals surface area contributed by atoms with Crippen molar-refractivity contribution in [3.8, 4) is 0 Å². The Hall–Kier alpha value is -1.33. The van der Waals surface area contributed by atoms with Crippen LogP contribution in [0.1, 0.15) is 31.4 Å². The summed E-state index contributed by atoms with van der Waals surface area (Å²) in [5, 5.41) is 1.75. The number of hydrogen-bond donors (Lipinski definition) is 1. The molecule has 1 heterocycles. The first-order chi connectivity index (χ1) is 9.58. The van der Waals surface area contributed by atoms with Crippen molar-refractivity contribution < 1.29 is 14.3 Å². The standard InChI is InChI=1S/C15H19NO3S/c1-3-10(2)19-9-12-6-4-11(5-7-12)8-13-14(17)16-15(18)20-13/h4-7,10,13H,3,8-9H2,1-2H3,(H,16,17,18). The van der Waals surface area contributed by atoms with Gasteiger partial charge >= 0.3 is 0 Å². The average molecular weight is 293 g/mol. The van der Waals surface area contributed by atoms with Crippen LogP contribution in [-0.4, -0.2) is 22.5 Å². The second kappa shape index (κ2) is 6.90. The van der Waals surface area contributed by atoms with Crippen molar-refractivity contribution in [2.24, 2.45) is 0 Å². The summed E-state index contributed by atoms with van der Waals surface area (Å²) < 4.78 is 5.67. The van der Waals surface area contributed by atoms with Crippen LogP contribution in [0.3, 0.4) is 0 Å². The maximum absolute atomic E-state index is 11.5. The van der Waals surface area contributed by atoms with Crippen LogP contribution in [0, 0.1) is 0 Å². The predicted octanol–water partition coefficient (Wildman–Crippen LogP) is 2.90. The molecule has 1 fully saturated rings. The van der Waals surface area contributed by atoms with Crippen molar-refractivity contribution in [2.45, 2.75) is 44.6 Å². The largest absolute Gasteiger partial charge is 0.374 e. The summed E-state index contributed by atoms with van der Waals surface area (Å²) in [6, 6.07) is 8.01. The molecule has 20 heavy (non-hydrogen) atoms. The fourth-order valence-corrected chi connectivity index (χ4v) is 2.73. The van der Waals surface area contributed by atoms with Gasteiger partial charge in [0.1, 0.15) is 0 Å². The summed E-state index contributed by atoms with van der Waals surface area (Å²) in [6.45, 7) is 4.76. The van der Waals surface area contributed by atoms with Crippen molar-refractivity contribution in [1.82, 2.24) is 5.32 Å². The van der Waals surface area contributed by atoms with Gasteiger partial charge in [0.15, 0.2) is 0 Å². The number of carbonyl (C=O) groups is 2. The lowest BCUT2D eigenvalue weighted by Crippen LogP contribution is -2.25. The first kappa shape index (κ1) is 15.1. The van der Waals surface area contributed by atoms with Crippen molar-refractivity contribution in [1.29, 1.82) is 0 Å². The molecule has 4 nitrogen and oxygen atoms in total. The smallest absolute Gasteiger partial charge is 0.286 e. The molecule has 1 aromatic rings. The first-order valence-corrected chi connectivity index (χ1v) is 7.67. The van der Waals surface area contributed by atoms with Gasteiger partial charge in [-0.05, 0) is 30.9 Å². The second-order valence-electron chi connectivity index (χ2n) is 4.93. The number of imide groups is 1. The van der Waals surface area contributed by atoms with Gasteiger partial charge in [-0.15, -0.1) is 0 Å². The molecule has 1 aliphatic heterocycles. The Labute approximate surface area is 123 Å². The Morgan fingerprint density at radius 1 is 1.25 bits per heavy atom. The molecule has 1 saturated heterocycles. The zero-order valence-corrected chi connectivity index (χ0v) is 12.5. The summed E-state index contributed by atoms with van der Waals surface area (Å²) in [4.78, 5) is 22.6. The van der Waals surface area contributed by atoms with E-state index in [4.69, 9.17) is 4.74 Å². The molecule has 1 N–H and O–H groups in total. The predicted molar refractivity (Wildman–Crippen MR) is 79.6 cm³/mol. The molecule has 2 unspecified atom stereocenters. The molecule has 2 atom stereocenters. The highest BCUT2D eigenvalue weighted by Gasteiger charge is 2.31. The van der Waals surface area contributed by atoms with Gasteiger partial charge in [0.2, 0.25) is 5.91 Å². The topological polar surface area (TPSA) is 55.4 Å². The van der Waals surface area contributed by atoms with Gasteiger partial charge in [-0.2, -0.15) is 0 Å². The third-order valence-corrected chi connectivity index (χ3v) is 4.30. The summed E-state index contributed by atoms with van der Waals surface area (Å²) in [5.41, 5.74) is 2.17. The Morgan fingerprint density at radius 3 is 2.45 bits per heavy atom. The van der Waals surface area contributed by atoms with Gasteiger partial charge < -0.3 is 4.74 Å². The van der Waals surface area contributed by atoms with Crippen LogP contribution >= 0.6 is 11.8 Å². The van der Waals surface area contributed by atoms with Crippen LogP contribution in [0.4, 0.5) is 4.79 Å². The van der Waals surface area contributed by atoms with Gasteiger partial charge in [-0.1, -0.05) is 43.0 Å². The molecule has 2 rings (SSSR count). The average Bonchev–Trinajstić information content (AvgIpc) is 2.75. The summed E-state index contributed by atoms with van der Waals surface area (Å²) in [6.07, 6.45) is 1.84. The van der Waals surface area contributed by atoms with Crippen LogP contribution < -0.4 is 5.32 Å². The summed E-state index contributed by atoms with van der Waals surface area (Å²) in [7, 11) is 0. The van der Waals surface area contributed by atoms with E-state index in [9.17, 15) is 9.59 Å². The normalized spacial score (nSPS) is 20.0.